The molecule has 11 rings (SSSR count). The Morgan fingerprint density at radius 3 is 2.16 bits per heavy atom. The third-order valence-electron chi connectivity index (χ3n) is 11.7. The van der Waals surface area contributed by atoms with Crippen LogP contribution in [0.5, 0.6) is 0 Å². The lowest BCUT2D eigenvalue weighted by atomic mass is 9.88. The Labute approximate surface area is 338 Å². The second-order valence-electron chi connectivity index (χ2n) is 14.9. The van der Waals surface area contributed by atoms with Gasteiger partial charge in [-0.25, -0.2) is 0 Å². The number of anilines is 2. The average molecular weight is 723 g/mol. The molecular weight excluding hydrogens is 675 g/mol. The van der Waals surface area contributed by atoms with Crippen molar-refractivity contribution < 1.29 is 9.60 Å². The SMILES string of the molecule is [2H]c1c([2H])c(N(c2c([2H])c([2H])c3c(c2[2H])C(c2ccccc2)c2ccccc2-3)C2C=CC(c3cc4ccccc4c4ccccc34)=CC2)c([2H])c([2H])c1C1=c2ccccc2=CCC1. The number of allylic oxidation sites excluding steroid dienone is 2. The fourth-order valence-corrected chi connectivity index (χ4v) is 9.11. The van der Waals surface area contributed by atoms with Crippen molar-refractivity contribution in [2.45, 2.75) is 31.2 Å². The largest absolute Gasteiger partial charge is 0.334 e. The van der Waals surface area contributed by atoms with Crippen LogP contribution in [0.1, 0.15) is 62.6 Å². The molecule has 0 radical (unpaired) electrons. The van der Waals surface area contributed by atoms with E-state index >= 15 is 0 Å². The van der Waals surface area contributed by atoms with Gasteiger partial charge in [0.05, 0.1) is 15.6 Å². The molecule has 0 aliphatic heterocycles. The molecule has 0 heterocycles. The van der Waals surface area contributed by atoms with Crippen LogP contribution < -0.4 is 15.3 Å². The smallest absolute Gasteiger partial charge is 0.0648 e. The van der Waals surface area contributed by atoms with Gasteiger partial charge in [-0.3, -0.25) is 0 Å². The molecule has 266 valence electrons. The summed E-state index contributed by atoms with van der Waals surface area (Å²) in [5.74, 6) is -0.392. The molecule has 0 amide bonds. The maximum atomic E-state index is 10.2. The normalized spacial score (nSPS) is 18.6. The summed E-state index contributed by atoms with van der Waals surface area (Å²) < 4.78 is 68.4. The monoisotopic (exact) mass is 722 g/mol. The highest BCUT2D eigenvalue weighted by atomic mass is 15.2. The summed E-state index contributed by atoms with van der Waals surface area (Å²) in [7, 11) is 0. The highest BCUT2D eigenvalue weighted by Crippen LogP contribution is 2.50. The first kappa shape index (κ1) is 26.2. The molecule has 56 heavy (non-hydrogen) atoms. The van der Waals surface area contributed by atoms with Gasteiger partial charge in [0.15, 0.2) is 0 Å². The van der Waals surface area contributed by atoms with E-state index in [1.807, 2.05) is 103 Å². The second-order valence-corrected chi connectivity index (χ2v) is 14.9. The highest BCUT2D eigenvalue weighted by Gasteiger charge is 2.31. The summed E-state index contributed by atoms with van der Waals surface area (Å²) in [6.45, 7) is 0. The quantitative estimate of drug-likeness (QED) is 0.154. The van der Waals surface area contributed by atoms with Crippen molar-refractivity contribution in [3.8, 4) is 11.1 Å². The summed E-state index contributed by atoms with van der Waals surface area (Å²) in [4.78, 5) is 1.67. The number of rotatable bonds is 6. The molecule has 2 atom stereocenters. The lowest BCUT2D eigenvalue weighted by Gasteiger charge is -2.34. The summed E-state index contributed by atoms with van der Waals surface area (Å²) in [6.07, 6.45) is 9.98. The van der Waals surface area contributed by atoms with Gasteiger partial charge < -0.3 is 4.90 Å². The minimum Gasteiger partial charge on any atom is -0.334 e. The minimum absolute atomic E-state index is 0.0132. The van der Waals surface area contributed by atoms with Crippen molar-refractivity contribution in [1.82, 2.24) is 0 Å². The van der Waals surface area contributed by atoms with Gasteiger partial charge in [0.2, 0.25) is 0 Å². The number of hydrogen-bond donors (Lipinski definition) is 0. The van der Waals surface area contributed by atoms with E-state index in [2.05, 4.69) is 54.6 Å². The molecule has 8 aromatic carbocycles. The molecule has 3 aliphatic carbocycles. The van der Waals surface area contributed by atoms with Crippen LogP contribution in [0.3, 0.4) is 0 Å². The van der Waals surface area contributed by atoms with E-state index in [-0.39, 0.29) is 59.2 Å². The second kappa shape index (κ2) is 13.6. The molecule has 1 nitrogen and oxygen atoms in total. The van der Waals surface area contributed by atoms with E-state index in [0.29, 0.717) is 30.4 Å². The van der Waals surface area contributed by atoms with Crippen molar-refractivity contribution in [2.75, 3.05) is 4.90 Å². The number of hydrogen-bond acceptors (Lipinski definition) is 1. The van der Waals surface area contributed by atoms with E-state index in [1.54, 1.807) is 4.90 Å². The first-order valence-electron chi connectivity index (χ1n) is 23.0. The van der Waals surface area contributed by atoms with E-state index in [4.69, 9.17) is 0 Å². The predicted molar refractivity (Wildman–Crippen MR) is 237 cm³/mol. The minimum atomic E-state index is -0.624. The number of benzene rings is 8. The molecular formula is C55H41N. The Bertz CT molecular complexity index is 3400. The zero-order valence-corrected chi connectivity index (χ0v) is 30.7. The fraction of sp³-hybridized carbons (Fsp3) is 0.0909. The number of fused-ring (bicyclic) bond motifs is 7. The predicted octanol–water partition coefficient (Wildman–Crippen LogP) is 12.5. The maximum absolute atomic E-state index is 10.2. The van der Waals surface area contributed by atoms with Crippen molar-refractivity contribution in [1.29, 1.82) is 0 Å². The molecule has 0 saturated heterocycles. The van der Waals surface area contributed by atoms with Crippen LogP contribution in [0.15, 0.2) is 194 Å². The lowest BCUT2D eigenvalue weighted by molar-refractivity contribution is 0.786. The Balaban J connectivity index is 1.14. The Hall–Kier alpha value is -6.70. The van der Waals surface area contributed by atoms with Gasteiger partial charge >= 0.3 is 0 Å². The molecule has 3 aliphatic rings. The Kier molecular flexibility index (Phi) is 6.33. The zero-order valence-electron chi connectivity index (χ0n) is 37.7. The first-order valence-corrected chi connectivity index (χ1v) is 19.5. The van der Waals surface area contributed by atoms with Crippen molar-refractivity contribution >= 4 is 50.1 Å². The van der Waals surface area contributed by atoms with Crippen LogP contribution in [0.2, 0.25) is 0 Å². The summed E-state index contributed by atoms with van der Waals surface area (Å²) in [5, 5.41) is 6.46. The van der Waals surface area contributed by atoms with Crippen LogP contribution >= 0.6 is 0 Å². The summed E-state index contributed by atoms with van der Waals surface area (Å²) in [5.41, 5.74) is 7.05. The molecule has 8 aromatic rings. The third-order valence-corrected chi connectivity index (χ3v) is 11.7. The van der Waals surface area contributed by atoms with Gasteiger partial charge in [-0.2, -0.15) is 0 Å². The van der Waals surface area contributed by atoms with Crippen molar-refractivity contribution in [2.24, 2.45) is 0 Å². The first-order chi connectivity index (χ1) is 30.7. The summed E-state index contributed by atoms with van der Waals surface area (Å²) in [6, 6.07) is 43.0. The average Bonchev–Trinajstić information content (AvgIpc) is 3.68. The van der Waals surface area contributed by atoms with E-state index in [0.717, 1.165) is 60.0 Å². The fourth-order valence-electron chi connectivity index (χ4n) is 9.11. The summed E-state index contributed by atoms with van der Waals surface area (Å²) >= 11 is 0. The van der Waals surface area contributed by atoms with Crippen LogP contribution in [-0.2, 0) is 0 Å². The molecule has 1 heteroatoms. The van der Waals surface area contributed by atoms with Crippen molar-refractivity contribution in [3.63, 3.8) is 0 Å². The van der Waals surface area contributed by atoms with Crippen LogP contribution in [0.25, 0.3) is 49.9 Å². The highest BCUT2D eigenvalue weighted by molar-refractivity contribution is 6.12. The van der Waals surface area contributed by atoms with E-state index in [9.17, 15) is 9.60 Å². The maximum Gasteiger partial charge on any atom is 0.0648 e. The van der Waals surface area contributed by atoms with Gasteiger partial charge in [-0.05, 0) is 132 Å². The zero-order chi connectivity index (χ0) is 43.1. The van der Waals surface area contributed by atoms with Crippen molar-refractivity contribution in [3.05, 3.63) is 232 Å². The molecule has 0 fully saturated rings. The molecule has 0 spiro atoms. The molecule has 0 bridgehead atoms. The van der Waals surface area contributed by atoms with Gasteiger partial charge in [-0.15, -0.1) is 0 Å². The van der Waals surface area contributed by atoms with Gasteiger partial charge in [0.25, 0.3) is 0 Å². The molecule has 2 unspecified atom stereocenters. The number of nitrogens with zero attached hydrogens (tertiary/aromatic N) is 1. The van der Waals surface area contributed by atoms with Gasteiger partial charge in [0, 0.05) is 17.3 Å². The Morgan fingerprint density at radius 2 is 1.30 bits per heavy atom. The lowest BCUT2D eigenvalue weighted by Crippen LogP contribution is -2.30. The topological polar surface area (TPSA) is 3.24 Å². The van der Waals surface area contributed by atoms with Crippen LogP contribution in [0.4, 0.5) is 11.4 Å². The van der Waals surface area contributed by atoms with Crippen LogP contribution in [-0.4, -0.2) is 6.04 Å². The van der Waals surface area contributed by atoms with Gasteiger partial charge in [-0.1, -0.05) is 170 Å². The third kappa shape index (κ3) is 5.46. The van der Waals surface area contributed by atoms with Gasteiger partial charge in [0.1, 0.15) is 0 Å². The Morgan fingerprint density at radius 1 is 0.571 bits per heavy atom. The van der Waals surface area contributed by atoms with Crippen LogP contribution in [0, 0.1) is 0 Å². The molecule has 0 aromatic heterocycles. The standard InChI is InChI=1S/C55H41N/c1-2-14-40(15-3-1)55-52-23-11-10-21-49(52)51-34-33-44(36-54(51)55)56(42-29-25-38(26-30-42)46-24-12-17-37-13-4-6-18-45(37)46)43-31-27-39(28-32-43)53-35-41-16-5-7-19-47(41)48-20-8-9-22-50(48)53/h1-11,13-23,25-31,33-36,43,55H,12,24,32H2/i25D,26D,29D,30D,33D,34D,36D. The molecule has 0 saturated carbocycles. The molecule has 0 N–H and O–H groups in total. The van der Waals surface area contributed by atoms with E-state index < -0.39 is 12.0 Å². The van der Waals surface area contributed by atoms with E-state index in [1.165, 1.54) is 5.39 Å².